The second-order valence-electron chi connectivity index (χ2n) is 26.4. The van der Waals surface area contributed by atoms with Gasteiger partial charge in [-0.2, -0.15) is 10.5 Å². The summed E-state index contributed by atoms with van der Waals surface area (Å²) in [5, 5.41) is 53.4. The average molecular weight is 1400 g/mol. The summed E-state index contributed by atoms with van der Waals surface area (Å²) in [6.45, 7) is 15.3. The number of benzene rings is 14. The van der Waals surface area contributed by atoms with Crippen LogP contribution in [0.2, 0.25) is 0 Å². The molecule has 0 aliphatic rings. The van der Waals surface area contributed by atoms with Crippen LogP contribution in [0.15, 0.2) is 291 Å². The topological polar surface area (TPSA) is 155 Å². The fourth-order valence-electron chi connectivity index (χ4n) is 15.9. The molecule has 0 saturated heterocycles. The van der Waals surface area contributed by atoms with Gasteiger partial charge >= 0.3 is 7.12 Å². The number of nitrogens with zero attached hydrogens (tertiary/aromatic N) is 11. The molecule has 496 valence electrons. The molecular weight excluding hydrogens is 1350 g/mol. The van der Waals surface area contributed by atoms with Crippen molar-refractivity contribution in [1.29, 1.82) is 10.5 Å². The van der Waals surface area contributed by atoms with Crippen molar-refractivity contribution in [3.63, 3.8) is 0 Å². The third-order valence-electron chi connectivity index (χ3n) is 20.5. The van der Waals surface area contributed by atoms with Crippen molar-refractivity contribution in [2.75, 3.05) is 0 Å². The van der Waals surface area contributed by atoms with Gasteiger partial charge in [0, 0.05) is 96.8 Å². The van der Waals surface area contributed by atoms with Gasteiger partial charge in [-0.05, 0) is 132 Å². The van der Waals surface area contributed by atoms with Gasteiger partial charge in [-0.3, -0.25) is 0 Å². The van der Waals surface area contributed by atoms with E-state index in [-0.39, 0.29) is 0 Å². The lowest BCUT2D eigenvalue weighted by molar-refractivity contribution is 0.426. The molecular formula is C91H50BN11O2S2. The van der Waals surface area contributed by atoms with Gasteiger partial charge in [0.25, 0.3) is 0 Å². The van der Waals surface area contributed by atoms with E-state index >= 15 is 0 Å². The van der Waals surface area contributed by atoms with Gasteiger partial charge in [-0.15, -0.1) is 22.7 Å². The molecule has 16 heteroatoms. The van der Waals surface area contributed by atoms with Crippen LogP contribution in [-0.4, -0.2) is 50.4 Å². The number of para-hydroxylation sites is 4. The van der Waals surface area contributed by atoms with E-state index in [9.17, 15) is 20.6 Å². The highest BCUT2D eigenvalue weighted by Crippen LogP contribution is 2.48. The van der Waals surface area contributed by atoms with E-state index in [1.54, 1.807) is 22.7 Å². The molecule has 0 unspecified atom stereocenters. The average Bonchev–Trinajstić information content (AvgIpc) is 1.58. The van der Waals surface area contributed by atoms with Crippen LogP contribution in [0.1, 0.15) is 11.1 Å². The highest BCUT2D eigenvalue weighted by atomic mass is 32.1. The standard InChI is InChI=1S/C53H29N7S.C38H21BN4O2S/c1-55-35-24-26-47-41(28-35)38-18-9-11-21-45(38)60(47)48-22-12-19-39-42-29-36(59-44-20-10-8-17-37(44)40-27-32(31-54)23-25-46(40)59)30-43(49(42)61-50(39)48)53-57-51(33-13-4-2-5-14-33)56-52(58-53)34-15-6-3-7-16-34;1-41-23-14-16-35-29(18-23)26-8-3-5-11-33(26)43(35)36-12-6-9-27-30-19-24(20-31(39(44)45)37(30)46-38(27)36)42-32-10-4-2-7-25(32)28-17-22(21-40)13-15-34(28)42/h2-30H;2-20,44-45H. The van der Waals surface area contributed by atoms with Crippen LogP contribution in [0.25, 0.3) is 194 Å². The Morgan fingerprint density at radius 3 is 1.13 bits per heavy atom. The first-order valence-corrected chi connectivity index (χ1v) is 36.3. The van der Waals surface area contributed by atoms with Crippen molar-refractivity contribution in [2.45, 2.75) is 0 Å². The van der Waals surface area contributed by atoms with E-state index in [4.69, 9.17) is 28.1 Å². The molecule has 0 amide bonds. The van der Waals surface area contributed by atoms with Crippen molar-refractivity contribution >= 4 is 174 Å². The van der Waals surface area contributed by atoms with E-state index in [0.717, 1.165) is 167 Å². The molecule has 107 heavy (non-hydrogen) atoms. The molecule has 7 heterocycles. The van der Waals surface area contributed by atoms with Crippen LogP contribution in [-0.2, 0) is 0 Å². The molecule has 0 atom stereocenters. The summed E-state index contributed by atoms with van der Waals surface area (Å²) in [7, 11) is -1.68. The largest absolute Gasteiger partial charge is 0.489 e. The van der Waals surface area contributed by atoms with Crippen LogP contribution < -0.4 is 5.46 Å². The Hall–Kier alpha value is -14.3. The molecule has 0 radical (unpaired) electrons. The van der Waals surface area contributed by atoms with Crippen LogP contribution >= 0.6 is 22.7 Å². The van der Waals surface area contributed by atoms with Crippen molar-refractivity contribution in [3.05, 3.63) is 325 Å². The number of nitriles is 2. The summed E-state index contributed by atoms with van der Waals surface area (Å²) in [6.07, 6.45) is 0. The first-order valence-electron chi connectivity index (χ1n) is 34.6. The lowest BCUT2D eigenvalue weighted by atomic mass is 9.79. The molecule has 14 aromatic carbocycles. The molecule has 21 aromatic rings. The highest BCUT2D eigenvalue weighted by Gasteiger charge is 2.27. The van der Waals surface area contributed by atoms with E-state index in [2.05, 4.69) is 155 Å². The summed E-state index contributed by atoms with van der Waals surface area (Å²) in [5.74, 6) is 1.76. The molecule has 21 rings (SSSR count). The predicted molar refractivity (Wildman–Crippen MR) is 437 cm³/mol. The highest BCUT2D eigenvalue weighted by molar-refractivity contribution is 7.27. The zero-order valence-electron chi connectivity index (χ0n) is 56.4. The molecule has 0 spiro atoms. The number of fused-ring (bicyclic) bond motifs is 18. The molecule has 2 N–H and O–H groups in total. The number of aromatic nitrogens is 7. The second-order valence-corrected chi connectivity index (χ2v) is 28.5. The summed E-state index contributed by atoms with van der Waals surface area (Å²) in [5.41, 5.74) is 17.4. The van der Waals surface area contributed by atoms with Gasteiger partial charge in [-0.25, -0.2) is 24.6 Å². The molecule has 13 nitrogen and oxygen atoms in total. The summed E-state index contributed by atoms with van der Waals surface area (Å²) in [6, 6.07) is 102. The molecule has 0 saturated carbocycles. The number of rotatable bonds is 8. The Morgan fingerprint density at radius 1 is 0.318 bits per heavy atom. The zero-order chi connectivity index (χ0) is 71.7. The maximum Gasteiger partial charge on any atom is 0.489 e. The first kappa shape index (κ1) is 62.5. The number of thiophene rings is 2. The normalized spacial score (nSPS) is 11.6. The zero-order valence-corrected chi connectivity index (χ0v) is 58.1. The van der Waals surface area contributed by atoms with Gasteiger partial charge in [0.15, 0.2) is 28.8 Å². The maximum absolute atomic E-state index is 10.7. The van der Waals surface area contributed by atoms with Gasteiger partial charge < -0.3 is 28.3 Å². The van der Waals surface area contributed by atoms with Crippen molar-refractivity contribution in [2.24, 2.45) is 0 Å². The van der Waals surface area contributed by atoms with Crippen LogP contribution in [0.4, 0.5) is 11.4 Å². The quantitative estimate of drug-likeness (QED) is 0.113. The van der Waals surface area contributed by atoms with Gasteiger partial charge in [0.2, 0.25) is 0 Å². The van der Waals surface area contributed by atoms with Crippen LogP contribution in [0, 0.1) is 35.8 Å². The summed E-state index contributed by atoms with van der Waals surface area (Å²) in [4.78, 5) is 23.0. The van der Waals surface area contributed by atoms with Crippen molar-refractivity contribution < 1.29 is 10.0 Å². The number of hydrogen-bond acceptors (Lipinski definition) is 9. The Kier molecular flexibility index (Phi) is 14.4. The lowest BCUT2D eigenvalue weighted by Crippen LogP contribution is -2.30. The second kappa shape index (κ2) is 24.7. The van der Waals surface area contributed by atoms with Crippen LogP contribution in [0.3, 0.4) is 0 Å². The number of hydrogen-bond donors (Lipinski definition) is 2. The molecule has 0 bridgehead atoms. The Bertz CT molecular complexity index is 7510. The van der Waals surface area contributed by atoms with Crippen molar-refractivity contribution in [3.8, 4) is 69.1 Å². The van der Waals surface area contributed by atoms with Gasteiger partial charge in [0.05, 0.1) is 101 Å². The summed E-state index contributed by atoms with van der Waals surface area (Å²) < 4.78 is 13.0. The molecule has 7 aromatic heterocycles. The predicted octanol–water partition coefficient (Wildman–Crippen LogP) is 22.2. The van der Waals surface area contributed by atoms with E-state index in [1.165, 1.54) is 0 Å². The minimum atomic E-state index is -1.68. The van der Waals surface area contributed by atoms with Gasteiger partial charge in [-0.1, -0.05) is 170 Å². The molecule has 0 fully saturated rings. The van der Waals surface area contributed by atoms with Crippen LogP contribution in [0.5, 0.6) is 0 Å². The third-order valence-corrected chi connectivity index (χ3v) is 23.1. The first-order chi connectivity index (χ1) is 52.7. The minimum absolute atomic E-state index is 0.433. The monoisotopic (exact) mass is 1400 g/mol. The van der Waals surface area contributed by atoms with E-state index < -0.39 is 7.12 Å². The van der Waals surface area contributed by atoms with E-state index in [0.29, 0.717) is 45.4 Å². The summed E-state index contributed by atoms with van der Waals surface area (Å²) >= 11 is 3.29. The lowest BCUT2D eigenvalue weighted by Gasteiger charge is -2.13. The van der Waals surface area contributed by atoms with Gasteiger partial charge in [0.1, 0.15) is 0 Å². The Morgan fingerprint density at radius 2 is 0.682 bits per heavy atom. The van der Waals surface area contributed by atoms with Crippen molar-refractivity contribution in [1.82, 2.24) is 33.2 Å². The third kappa shape index (κ3) is 9.84. The minimum Gasteiger partial charge on any atom is -0.423 e. The Balaban J connectivity index is 0.000000147. The smallest absolute Gasteiger partial charge is 0.423 e. The SMILES string of the molecule is [C-]#[N+]c1ccc2c(c1)c1ccccc1n2-c1cccc2c1sc1c(-c3nc(-c4ccccc4)nc(-c4ccccc4)n3)cc(-n3c4ccccc4c4cc(C#N)ccc43)cc12.[C-]#[N+]c1ccc2c(c1)c1ccccc1n2-c1cccc2c1sc1c(B(O)O)cc(-n3c4ccccc4c4cc(C#N)ccc43)cc12. The maximum atomic E-state index is 10.7. The Labute approximate surface area is 618 Å². The molecule has 0 aliphatic carbocycles. The van der Waals surface area contributed by atoms with E-state index in [1.807, 2.05) is 176 Å². The fourth-order valence-corrected chi connectivity index (χ4v) is 18.5. The molecule has 0 aliphatic heterocycles. The fraction of sp³-hybridized carbons (Fsp3) is 0.